The molecule has 1 rings (SSSR count). The zero-order chi connectivity index (χ0) is 15.1. The van der Waals surface area contributed by atoms with Crippen molar-refractivity contribution in [3.63, 3.8) is 0 Å². The number of amides is 1. The molecule has 0 aliphatic heterocycles. The van der Waals surface area contributed by atoms with Gasteiger partial charge in [0.2, 0.25) is 0 Å². The summed E-state index contributed by atoms with van der Waals surface area (Å²) in [5, 5.41) is 15.6. The molecule has 0 aliphatic carbocycles. The second-order valence-corrected chi connectivity index (χ2v) is 5.36. The van der Waals surface area contributed by atoms with E-state index < -0.39 is 5.97 Å². The average molecular weight is 281 g/mol. The largest absolute Gasteiger partial charge is 0.481 e. The SMILES string of the molecule is CC(C)C(CCNC(=O)c1ccn(C)n1)CCC(=O)O. The highest BCUT2D eigenvalue weighted by Crippen LogP contribution is 2.20. The van der Waals surface area contributed by atoms with Crippen LogP contribution in [0.15, 0.2) is 12.3 Å². The Balaban J connectivity index is 2.36. The van der Waals surface area contributed by atoms with Crippen molar-refractivity contribution < 1.29 is 14.7 Å². The second-order valence-electron chi connectivity index (χ2n) is 5.36. The van der Waals surface area contributed by atoms with Crippen LogP contribution < -0.4 is 5.32 Å². The molecule has 112 valence electrons. The lowest BCUT2D eigenvalue weighted by Gasteiger charge is -2.20. The van der Waals surface area contributed by atoms with Crippen LogP contribution in [0, 0.1) is 11.8 Å². The van der Waals surface area contributed by atoms with Gasteiger partial charge in [0.05, 0.1) is 0 Å². The van der Waals surface area contributed by atoms with E-state index in [4.69, 9.17) is 5.11 Å². The molecule has 6 heteroatoms. The fraction of sp³-hybridized carbons (Fsp3) is 0.643. The van der Waals surface area contributed by atoms with Crippen molar-refractivity contribution in [2.45, 2.75) is 33.1 Å². The van der Waals surface area contributed by atoms with E-state index in [9.17, 15) is 9.59 Å². The molecule has 0 saturated carbocycles. The van der Waals surface area contributed by atoms with Crippen LogP contribution in [-0.4, -0.2) is 33.3 Å². The predicted octanol–water partition coefficient (Wildman–Crippen LogP) is 1.68. The summed E-state index contributed by atoms with van der Waals surface area (Å²) in [4.78, 5) is 22.4. The smallest absolute Gasteiger partial charge is 0.303 e. The number of carboxylic acids is 1. The summed E-state index contributed by atoms with van der Waals surface area (Å²) < 4.78 is 1.58. The highest BCUT2D eigenvalue weighted by atomic mass is 16.4. The standard InChI is InChI=1S/C14H23N3O3/c1-10(2)11(4-5-13(18)19)6-8-15-14(20)12-7-9-17(3)16-12/h7,9-11H,4-6,8H2,1-3H3,(H,15,20)(H,18,19). The third-order valence-corrected chi connectivity index (χ3v) is 3.42. The number of aryl methyl sites for hydroxylation is 1. The molecule has 1 atom stereocenters. The fourth-order valence-electron chi connectivity index (χ4n) is 2.12. The summed E-state index contributed by atoms with van der Waals surface area (Å²) in [5.41, 5.74) is 0.402. The van der Waals surface area contributed by atoms with E-state index >= 15 is 0 Å². The Labute approximate surface area is 119 Å². The maximum Gasteiger partial charge on any atom is 0.303 e. The number of aliphatic carboxylic acids is 1. The topological polar surface area (TPSA) is 84.2 Å². The minimum atomic E-state index is -0.770. The molecular weight excluding hydrogens is 258 g/mol. The highest BCUT2D eigenvalue weighted by molar-refractivity contribution is 5.92. The molecule has 0 saturated heterocycles. The van der Waals surface area contributed by atoms with Crippen LogP contribution in [0.5, 0.6) is 0 Å². The predicted molar refractivity (Wildman–Crippen MR) is 75.4 cm³/mol. The number of hydrogen-bond donors (Lipinski definition) is 2. The van der Waals surface area contributed by atoms with Crippen molar-refractivity contribution in [2.75, 3.05) is 6.54 Å². The summed E-state index contributed by atoms with van der Waals surface area (Å²) in [6.45, 7) is 4.69. The van der Waals surface area contributed by atoms with E-state index in [1.54, 1.807) is 24.0 Å². The lowest BCUT2D eigenvalue weighted by molar-refractivity contribution is -0.137. The summed E-state index contributed by atoms with van der Waals surface area (Å²) >= 11 is 0. The Morgan fingerprint density at radius 1 is 1.40 bits per heavy atom. The van der Waals surface area contributed by atoms with Gasteiger partial charge in [-0.2, -0.15) is 5.10 Å². The van der Waals surface area contributed by atoms with Gasteiger partial charge in [-0.1, -0.05) is 13.8 Å². The number of nitrogens with zero attached hydrogens (tertiary/aromatic N) is 2. The minimum Gasteiger partial charge on any atom is -0.481 e. The van der Waals surface area contributed by atoms with Crippen LogP contribution >= 0.6 is 0 Å². The zero-order valence-corrected chi connectivity index (χ0v) is 12.3. The average Bonchev–Trinajstić information content (AvgIpc) is 2.79. The Bertz CT molecular complexity index is 454. The molecule has 0 spiro atoms. The Hall–Kier alpha value is -1.85. The molecule has 0 fully saturated rings. The number of hydrogen-bond acceptors (Lipinski definition) is 3. The molecule has 20 heavy (non-hydrogen) atoms. The van der Waals surface area contributed by atoms with E-state index in [0.29, 0.717) is 30.5 Å². The minimum absolute atomic E-state index is 0.178. The number of aromatic nitrogens is 2. The van der Waals surface area contributed by atoms with Crippen LogP contribution in [0.1, 0.15) is 43.6 Å². The normalized spacial score (nSPS) is 12.4. The van der Waals surface area contributed by atoms with E-state index in [1.807, 2.05) is 0 Å². The number of rotatable bonds is 8. The van der Waals surface area contributed by atoms with Crippen molar-refractivity contribution in [3.8, 4) is 0 Å². The third kappa shape index (κ3) is 5.42. The lowest BCUT2D eigenvalue weighted by atomic mass is 9.88. The number of nitrogens with one attached hydrogen (secondary N) is 1. The quantitative estimate of drug-likeness (QED) is 0.759. The van der Waals surface area contributed by atoms with E-state index in [2.05, 4.69) is 24.3 Å². The maximum absolute atomic E-state index is 11.8. The molecule has 1 heterocycles. The van der Waals surface area contributed by atoms with Crippen molar-refractivity contribution in [1.29, 1.82) is 0 Å². The molecule has 0 bridgehead atoms. The second kappa shape index (κ2) is 7.67. The monoisotopic (exact) mass is 281 g/mol. The van der Waals surface area contributed by atoms with Gasteiger partial charge in [0, 0.05) is 26.2 Å². The first kappa shape index (κ1) is 16.2. The van der Waals surface area contributed by atoms with Gasteiger partial charge in [-0.15, -0.1) is 0 Å². The van der Waals surface area contributed by atoms with Gasteiger partial charge in [0.1, 0.15) is 5.69 Å². The van der Waals surface area contributed by atoms with Crippen LogP contribution in [0.25, 0.3) is 0 Å². The molecular formula is C14H23N3O3. The third-order valence-electron chi connectivity index (χ3n) is 3.42. The van der Waals surface area contributed by atoms with Gasteiger partial charge in [0.25, 0.3) is 5.91 Å². The van der Waals surface area contributed by atoms with Crippen molar-refractivity contribution in [1.82, 2.24) is 15.1 Å². The van der Waals surface area contributed by atoms with Crippen LogP contribution in [0.3, 0.4) is 0 Å². The molecule has 1 unspecified atom stereocenters. The number of carbonyl (C=O) groups excluding carboxylic acids is 1. The fourth-order valence-corrected chi connectivity index (χ4v) is 2.12. The van der Waals surface area contributed by atoms with E-state index in [1.165, 1.54) is 0 Å². The molecule has 1 aromatic heterocycles. The van der Waals surface area contributed by atoms with Gasteiger partial charge < -0.3 is 10.4 Å². The summed E-state index contributed by atoms with van der Waals surface area (Å²) in [6.07, 6.45) is 3.33. The molecule has 6 nitrogen and oxygen atoms in total. The lowest BCUT2D eigenvalue weighted by Crippen LogP contribution is -2.27. The van der Waals surface area contributed by atoms with Crippen molar-refractivity contribution >= 4 is 11.9 Å². The Morgan fingerprint density at radius 2 is 2.10 bits per heavy atom. The first-order valence-electron chi connectivity index (χ1n) is 6.89. The number of carbonyl (C=O) groups is 2. The van der Waals surface area contributed by atoms with Gasteiger partial charge in [-0.3, -0.25) is 14.3 Å². The van der Waals surface area contributed by atoms with Gasteiger partial charge >= 0.3 is 5.97 Å². The Morgan fingerprint density at radius 3 is 2.60 bits per heavy atom. The van der Waals surface area contributed by atoms with Crippen molar-refractivity contribution in [3.05, 3.63) is 18.0 Å². The van der Waals surface area contributed by atoms with Gasteiger partial charge in [0.15, 0.2) is 0 Å². The number of carboxylic acid groups (broad SMARTS) is 1. The first-order chi connectivity index (χ1) is 9.40. The van der Waals surface area contributed by atoms with Gasteiger partial charge in [-0.25, -0.2) is 0 Å². The molecule has 0 aromatic carbocycles. The summed E-state index contributed by atoms with van der Waals surface area (Å²) in [6, 6.07) is 1.67. The molecule has 2 N–H and O–H groups in total. The summed E-state index contributed by atoms with van der Waals surface area (Å²) in [7, 11) is 1.76. The van der Waals surface area contributed by atoms with Crippen LogP contribution in [0.4, 0.5) is 0 Å². The summed E-state index contributed by atoms with van der Waals surface area (Å²) in [5.74, 6) is -0.254. The maximum atomic E-state index is 11.8. The Kier molecular flexibility index (Phi) is 6.21. The van der Waals surface area contributed by atoms with Crippen LogP contribution in [0.2, 0.25) is 0 Å². The molecule has 1 aromatic rings. The molecule has 0 radical (unpaired) electrons. The zero-order valence-electron chi connectivity index (χ0n) is 12.3. The van der Waals surface area contributed by atoms with E-state index in [0.717, 1.165) is 6.42 Å². The first-order valence-corrected chi connectivity index (χ1v) is 6.89. The highest BCUT2D eigenvalue weighted by Gasteiger charge is 2.16. The van der Waals surface area contributed by atoms with Gasteiger partial charge in [-0.05, 0) is 30.7 Å². The van der Waals surface area contributed by atoms with E-state index in [-0.39, 0.29) is 12.3 Å². The van der Waals surface area contributed by atoms with Crippen LogP contribution in [-0.2, 0) is 11.8 Å². The van der Waals surface area contributed by atoms with Crippen molar-refractivity contribution in [2.24, 2.45) is 18.9 Å². The molecule has 1 amide bonds. The molecule has 0 aliphatic rings.